The molecule has 0 saturated carbocycles. The number of carbonyl (C=O) groups is 3. The summed E-state index contributed by atoms with van der Waals surface area (Å²) >= 11 is 0. The minimum atomic E-state index is -0.302. The number of rotatable bonds is 7. The molecule has 56 heavy (non-hydrogen) atoms. The Bertz CT molecular complexity index is 2540. The maximum Gasteiger partial charge on any atom is 0.354 e. The molecule has 3 N–H and O–H groups in total. The number of benzene rings is 4. The molecule has 0 bridgehead atoms. The number of aromatic amines is 1. The van der Waals surface area contributed by atoms with Gasteiger partial charge in [-0.05, 0) is 74.8 Å². The number of H-pyrrole nitrogens is 1. The lowest BCUT2D eigenvalue weighted by atomic mass is 10.2. The number of aryl methyl sites for hydroxylation is 3. The summed E-state index contributed by atoms with van der Waals surface area (Å²) in [5.41, 5.74) is 7.48. The van der Waals surface area contributed by atoms with Gasteiger partial charge in [0.05, 0.1) is 13.2 Å². The van der Waals surface area contributed by atoms with E-state index in [-0.39, 0.29) is 17.8 Å². The van der Waals surface area contributed by atoms with E-state index in [1.807, 2.05) is 115 Å². The predicted octanol–water partition coefficient (Wildman–Crippen LogP) is 8.14. The molecule has 0 aliphatic rings. The quantitative estimate of drug-likeness (QED) is 0.141. The van der Waals surface area contributed by atoms with E-state index < -0.39 is 0 Å². The van der Waals surface area contributed by atoms with Gasteiger partial charge in [0.1, 0.15) is 17.1 Å². The van der Waals surface area contributed by atoms with E-state index in [9.17, 15) is 14.4 Å². The van der Waals surface area contributed by atoms with E-state index in [2.05, 4.69) is 57.6 Å². The Kier molecular flexibility index (Phi) is 13.9. The predicted molar refractivity (Wildman–Crippen MR) is 225 cm³/mol. The number of ether oxygens (including phenoxy) is 2. The molecule has 4 heterocycles. The van der Waals surface area contributed by atoms with Gasteiger partial charge in [-0.15, -0.1) is 0 Å². The molecule has 8 aromatic rings. The van der Waals surface area contributed by atoms with Crippen molar-refractivity contribution in [1.82, 2.24) is 29.3 Å². The zero-order valence-electron chi connectivity index (χ0n) is 33.1. The van der Waals surface area contributed by atoms with Crippen molar-refractivity contribution in [3.8, 4) is 0 Å². The van der Waals surface area contributed by atoms with Crippen molar-refractivity contribution >= 4 is 61.5 Å². The number of nitrogens with zero attached hydrogens (tertiary/aromatic N) is 3. The van der Waals surface area contributed by atoms with Crippen LogP contribution in [0.1, 0.15) is 51.0 Å². The maximum atomic E-state index is 11.6. The van der Waals surface area contributed by atoms with Crippen LogP contribution in [0.25, 0.3) is 43.6 Å². The molecule has 290 valence electrons. The molecule has 0 aliphatic carbocycles. The SMILES string of the molecule is CCOC(=O)c1cc2ccccc2[nH]1.CCOC(=O)c1cc2ccccc2n1C.CNC(=O)c1cc2ccccc2n1C.CNCc1cc2ccccc2n1C. The number of carbonyl (C=O) groups excluding carboxylic acids is 3. The third kappa shape index (κ3) is 9.37. The molecule has 11 nitrogen and oxygen atoms in total. The van der Waals surface area contributed by atoms with Gasteiger partial charge in [0.15, 0.2) is 0 Å². The third-order valence-electron chi connectivity index (χ3n) is 9.28. The van der Waals surface area contributed by atoms with Gasteiger partial charge in [0.2, 0.25) is 0 Å². The molecule has 11 heteroatoms. The number of hydrogen-bond acceptors (Lipinski definition) is 6. The molecule has 0 spiro atoms. The maximum absolute atomic E-state index is 11.6. The second-order valence-corrected chi connectivity index (χ2v) is 12.9. The van der Waals surface area contributed by atoms with Gasteiger partial charge >= 0.3 is 11.9 Å². The molecule has 4 aromatic carbocycles. The van der Waals surface area contributed by atoms with Crippen LogP contribution in [-0.4, -0.2) is 63.8 Å². The fourth-order valence-corrected chi connectivity index (χ4v) is 6.41. The number of amides is 1. The highest BCUT2D eigenvalue weighted by molar-refractivity contribution is 5.99. The number of fused-ring (bicyclic) bond motifs is 4. The van der Waals surface area contributed by atoms with Crippen LogP contribution in [0.15, 0.2) is 121 Å². The first-order chi connectivity index (χ1) is 27.1. The lowest BCUT2D eigenvalue weighted by Gasteiger charge is -2.02. The minimum absolute atomic E-state index is 0.0521. The molecule has 0 atom stereocenters. The van der Waals surface area contributed by atoms with Crippen molar-refractivity contribution in [2.24, 2.45) is 21.1 Å². The highest BCUT2D eigenvalue weighted by Crippen LogP contribution is 2.20. The van der Waals surface area contributed by atoms with E-state index in [1.54, 1.807) is 27.0 Å². The first-order valence-corrected chi connectivity index (χ1v) is 18.5. The molecule has 0 saturated heterocycles. The summed E-state index contributed by atoms with van der Waals surface area (Å²) in [7, 11) is 9.48. The van der Waals surface area contributed by atoms with Crippen molar-refractivity contribution < 1.29 is 23.9 Å². The Labute approximate surface area is 326 Å². The van der Waals surface area contributed by atoms with Gasteiger partial charge < -0.3 is 38.8 Å². The van der Waals surface area contributed by atoms with Crippen LogP contribution in [0.3, 0.4) is 0 Å². The number of esters is 2. The highest BCUT2D eigenvalue weighted by Gasteiger charge is 2.14. The summed E-state index contributed by atoms with van der Waals surface area (Å²) in [6.07, 6.45) is 0. The number of para-hydroxylation sites is 4. The van der Waals surface area contributed by atoms with Crippen LogP contribution in [0.4, 0.5) is 0 Å². The molecule has 1 amide bonds. The topological polar surface area (TPSA) is 124 Å². The Morgan fingerprint density at radius 2 is 1.04 bits per heavy atom. The van der Waals surface area contributed by atoms with Crippen molar-refractivity contribution in [1.29, 1.82) is 0 Å². The van der Waals surface area contributed by atoms with Gasteiger partial charge in [-0.3, -0.25) is 4.79 Å². The van der Waals surface area contributed by atoms with Crippen molar-refractivity contribution in [2.45, 2.75) is 20.4 Å². The summed E-state index contributed by atoms with van der Waals surface area (Å²) in [6, 6.07) is 39.8. The molecule has 0 radical (unpaired) electrons. The Hall–Kier alpha value is -6.59. The highest BCUT2D eigenvalue weighted by atomic mass is 16.5. The minimum Gasteiger partial charge on any atom is -0.461 e. The van der Waals surface area contributed by atoms with E-state index in [0.717, 1.165) is 39.3 Å². The van der Waals surface area contributed by atoms with Gasteiger partial charge in [0.25, 0.3) is 5.91 Å². The van der Waals surface area contributed by atoms with Crippen LogP contribution in [0.5, 0.6) is 0 Å². The van der Waals surface area contributed by atoms with Gasteiger partial charge in [-0.2, -0.15) is 0 Å². The Balaban J connectivity index is 0.000000143. The molecule has 0 unspecified atom stereocenters. The van der Waals surface area contributed by atoms with Crippen LogP contribution in [0, 0.1) is 0 Å². The van der Waals surface area contributed by atoms with E-state index >= 15 is 0 Å². The van der Waals surface area contributed by atoms with Crippen LogP contribution in [-0.2, 0) is 37.2 Å². The first kappa shape index (κ1) is 40.6. The Morgan fingerprint density at radius 3 is 1.54 bits per heavy atom. The average Bonchev–Trinajstić information content (AvgIpc) is 3.98. The van der Waals surface area contributed by atoms with Crippen LogP contribution >= 0.6 is 0 Å². The zero-order valence-corrected chi connectivity index (χ0v) is 33.1. The summed E-state index contributed by atoms with van der Waals surface area (Å²) in [5.74, 6) is -0.622. The number of hydrogen-bond donors (Lipinski definition) is 3. The molecule has 4 aromatic heterocycles. The zero-order chi connectivity index (χ0) is 40.2. The molecular formula is C45H50N6O5. The normalized spacial score (nSPS) is 10.6. The van der Waals surface area contributed by atoms with Crippen molar-refractivity contribution in [3.63, 3.8) is 0 Å². The summed E-state index contributed by atoms with van der Waals surface area (Å²) in [4.78, 5) is 37.4. The summed E-state index contributed by atoms with van der Waals surface area (Å²) in [6.45, 7) is 5.32. The number of aromatic nitrogens is 4. The molecular weight excluding hydrogens is 705 g/mol. The standard InChI is InChI=1S/C12H13NO2.C11H12N2O.C11H14N2.C11H11NO2/c1-3-15-12(14)11-8-9-6-4-5-7-10(9)13(11)2;1-12-11(14)10-7-8-5-3-4-6-9(8)13(10)2;1-12-8-10-7-9-5-3-4-6-11(9)13(10)2;1-2-14-11(13)10-7-8-5-3-4-6-9(8)12-10/h4-8H,3H2,1-2H3;3-7H,1-2H3,(H,12,14);3-7,12H,8H2,1-2H3;3-7,12H,2H2,1H3. The smallest absolute Gasteiger partial charge is 0.354 e. The van der Waals surface area contributed by atoms with Gasteiger partial charge in [-0.1, -0.05) is 72.8 Å². The summed E-state index contributed by atoms with van der Waals surface area (Å²) in [5, 5.41) is 10.3. The lowest BCUT2D eigenvalue weighted by molar-refractivity contribution is 0.0508. The summed E-state index contributed by atoms with van der Waals surface area (Å²) < 4.78 is 15.8. The first-order valence-electron chi connectivity index (χ1n) is 18.5. The van der Waals surface area contributed by atoms with Crippen molar-refractivity contribution in [3.05, 3.63) is 144 Å². The number of nitrogens with one attached hydrogen (secondary N) is 3. The molecule has 0 fully saturated rings. The average molecular weight is 755 g/mol. The van der Waals surface area contributed by atoms with Crippen LogP contribution < -0.4 is 10.6 Å². The van der Waals surface area contributed by atoms with Crippen molar-refractivity contribution in [2.75, 3.05) is 27.3 Å². The second-order valence-electron chi connectivity index (χ2n) is 12.9. The fraction of sp³-hybridized carbons (Fsp3) is 0.222. The largest absolute Gasteiger partial charge is 0.461 e. The van der Waals surface area contributed by atoms with Crippen LogP contribution in [0.2, 0.25) is 0 Å². The fourth-order valence-electron chi connectivity index (χ4n) is 6.41. The monoisotopic (exact) mass is 754 g/mol. The van der Waals surface area contributed by atoms with E-state index in [4.69, 9.17) is 9.47 Å². The van der Waals surface area contributed by atoms with Gasteiger partial charge in [0, 0.05) is 78.7 Å². The molecule has 0 aliphatic heterocycles. The van der Waals surface area contributed by atoms with E-state index in [0.29, 0.717) is 30.3 Å². The lowest BCUT2D eigenvalue weighted by Crippen LogP contribution is -2.20. The van der Waals surface area contributed by atoms with E-state index in [1.165, 1.54) is 16.6 Å². The second kappa shape index (κ2) is 19.1. The third-order valence-corrected chi connectivity index (χ3v) is 9.28. The molecule has 8 rings (SSSR count). The Morgan fingerprint density at radius 1 is 0.571 bits per heavy atom. The van der Waals surface area contributed by atoms with Gasteiger partial charge in [-0.25, -0.2) is 9.59 Å².